The van der Waals surface area contributed by atoms with Gasteiger partial charge in [0.2, 0.25) is 0 Å². The molecule has 0 aliphatic heterocycles. The maximum Gasteiger partial charge on any atom is 0.343 e. The molecule has 0 aromatic heterocycles. The smallest absolute Gasteiger partial charge is 0.343 e. The molecule has 0 saturated heterocycles. The van der Waals surface area contributed by atoms with E-state index in [0.29, 0.717) is 12.8 Å². The maximum atomic E-state index is 12.7. The molecule has 0 bridgehead atoms. The van der Waals surface area contributed by atoms with Crippen LogP contribution in [-0.4, -0.2) is 41.0 Å². The van der Waals surface area contributed by atoms with Crippen molar-refractivity contribution in [3.05, 3.63) is 10.1 Å². The van der Waals surface area contributed by atoms with Gasteiger partial charge in [-0.2, -0.15) is 0 Å². The van der Waals surface area contributed by atoms with Gasteiger partial charge in [0.1, 0.15) is 5.57 Å². The van der Waals surface area contributed by atoms with Crippen molar-refractivity contribution in [3.63, 3.8) is 0 Å². The largest absolute Gasteiger partial charge is 0.464 e. The second-order valence-electron chi connectivity index (χ2n) is 6.81. The topological polar surface area (TPSA) is 86.7 Å². The molecular weight excluding hydrogens is 496 g/mol. The summed E-state index contributed by atoms with van der Waals surface area (Å²) in [4.78, 5) is 49.8. The molecule has 158 valence electrons. The normalized spacial score (nSPS) is 19.7. The third-order valence-corrected chi connectivity index (χ3v) is 6.17. The van der Waals surface area contributed by atoms with Gasteiger partial charge in [-0.3, -0.25) is 14.4 Å². The highest BCUT2D eigenvalue weighted by atomic mass is 79.9. The van der Waals surface area contributed by atoms with Crippen molar-refractivity contribution in [1.82, 2.24) is 0 Å². The minimum absolute atomic E-state index is 0.182. The van der Waals surface area contributed by atoms with Crippen molar-refractivity contribution in [3.8, 4) is 0 Å². The van der Waals surface area contributed by atoms with Gasteiger partial charge in [0, 0.05) is 6.42 Å². The summed E-state index contributed by atoms with van der Waals surface area (Å²) in [6.45, 7) is 4.51. The number of carbonyl (C=O) groups excluding carboxylic acids is 4. The number of carbonyl (C=O) groups is 4. The molecule has 0 amide bonds. The second kappa shape index (κ2) is 12.5. The third-order valence-electron chi connectivity index (χ3n) is 4.45. The molecule has 6 nitrogen and oxygen atoms in total. The van der Waals surface area contributed by atoms with Crippen molar-refractivity contribution in [2.45, 2.75) is 76.0 Å². The Hall–Kier alpha value is -1.02. The van der Waals surface area contributed by atoms with E-state index >= 15 is 0 Å². The third kappa shape index (κ3) is 6.79. The molecule has 0 fully saturated rings. The number of unbranched alkanes of at least 4 members (excludes halogenated alkanes) is 6. The predicted octanol–water partition coefficient (Wildman–Crippen LogP) is 4.56. The minimum atomic E-state index is -1.81. The quantitative estimate of drug-likeness (QED) is 0.122. The number of Topliss-reactive ketones (excluding diaryl/α,β-unsaturated/α-hetero) is 2. The molecule has 0 aromatic carbocycles. The van der Waals surface area contributed by atoms with Gasteiger partial charge in [-0.1, -0.05) is 68.3 Å². The number of ether oxygens (including phenoxy) is 2. The lowest BCUT2D eigenvalue weighted by molar-refractivity contribution is -0.151. The average molecular weight is 524 g/mol. The van der Waals surface area contributed by atoms with Gasteiger partial charge in [-0.05, 0) is 28.8 Å². The fraction of sp³-hybridized carbons (Fsp3) is 0.700. The van der Waals surface area contributed by atoms with Crippen LogP contribution >= 0.6 is 31.9 Å². The van der Waals surface area contributed by atoms with E-state index < -0.39 is 34.3 Å². The van der Waals surface area contributed by atoms with Crippen molar-refractivity contribution in [2.75, 3.05) is 13.2 Å². The Balaban J connectivity index is 2.74. The standard InChI is InChI=1S/C20H28Br2O6/c1-3-5-7-9-11-27-18(25)15-14(23)13-20(22,17(24)16(15)21)19(26)28-12-10-8-6-4-2/h3-13H2,1-2H3. The first-order valence-electron chi connectivity index (χ1n) is 9.80. The monoisotopic (exact) mass is 522 g/mol. The van der Waals surface area contributed by atoms with E-state index in [4.69, 9.17) is 9.47 Å². The van der Waals surface area contributed by atoms with Crippen molar-refractivity contribution >= 4 is 55.4 Å². The molecule has 0 spiro atoms. The summed E-state index contributed by atoms with van der Waals surface area (Å²) < 4.78 is 8.24. The molecule has 0 heterocycles. The van der Waals surface area contributed by atoms with Gasteiger partial charge in [-0.15, -0.1) is 0 Å². The van der Waals surface area contributed by atoms with Crippen LogP contribution in [0, 0.1) is 0 Å². The Morgan fingerprint density at radius 2 is 1.46 bits per heavy atom. The van der Waals surface area contributed by atoms with Crippen LogP contribution in [0.5, 0.6) is 0 Å². The first-order chi connectivity index (χ1) is 13.3. The van der Waals surface area contributed by atoms with E-state index in [1.807, 2.05) is 0 Å². The first kappa shape index (κ1) is 25.0. The minimum Gasteiger partial charge on any atom is -0.464 e. The number of rotatable bonds is 12. The number of halogens is 2. The molecule has 1 aliphatic rings. The van der Waals surface area contributed by atoms with E-state index in [1.54, 1.807) is 0 Å². The fourth-order valence-electron chi connectivity index (χ4n) is 2.74. The summed E-state index contributed by atoms with van der Waals surface area (Å²) >= 11 is 6.10. The van der Waals surface area contributed by atoms with Crippen molar-refractivity contribution in [1.29, 1.82) is 0 Å². The molecule has 1 unspecified atom stereocenters. The van der Waals surface area contributed by atoms with Crippen LogP contribution in [0.4, 0.5) is 0 Å². The summed E-state index contributed by atoms with van der Waals surface area (Å²) in [5.41, 5.74) is -0.341. The van der Waals surface area contributed by atoms with E-state index in [1.165, 1.54) is 0 Å². The van der Waals surface area contributed by atoms with E-state index in [2.05, 4.69) is 45.7 Å². The zero-order valence-electron chi connectivity index (χ0n) is 16.5. The number of hydrogen-bond acceptors (Lipinski definition) is 6. The van der Waals surface area contributed by atoms with Crippen LogP contribution in [0.25, 0.3) is 0 Å². The summed E-state index contributed by atoms with van der Waals surface area (Å²) in [6, 6.07) is 0. The maximum absolute atomic E-state index is 12.7. The van der Waals surface area contributed by atoms with Crippen molar-refractivity contribution in [2.24, 2.45) is 0 Å². The van der Waals surface area contributed by atoms with E-state index in [0.717, 1.165) is 38.5 Å². The van der Waals surface area contributed by atoms with E-state index in [-0.39, 0.29) is 23.3 Å². The van der Waals surface area contributed by atoms with Crippen molar-refractivity contribution < 1.29 is 28.7 Å². The lowest BCUT2D eigenvalue weighted by atomic mass is 9.87. The Bertz CT molecular complexity index is 628. The second-order valence-corrected chi connectivity index (χ2v) is 8.96. The highest BCUT2D eigenvalue weighted by Gasteiger charge is 2.53. The van der Waals surface area contributed by atoms with Gasteiger partial charge >= 0.3 is 11.9 Å². The van der Waals surface area contributed by atoms with Gasteiger partial charge in [0.15, 0.2) is 15.9 Å². The van der Waals surface area contributed by atoms with Gasteiger partial charge in [0.05, 0.1) is 17.7 Å². The first-order valence-corrected chi connectivity index (χ1v) is 11.4. The number of alkyl halides is 1. The lowest BCUT2D eigenvalue weighted by Crippen LogP contribution is -2.48. The van der Waals surface area contributed by atoms with Crippen LogP contribution in [0.1, 0.15) is 71.6 Å². The Labute approximate surface area is 183 Å². The number of allylic oxidation sites excluding steroid dienone is 1. The van der Waals surface area contributed by atoms with Gasteiger partial charge < -0.3 is 9.47 Å². The predicted molar refractivity (Wildman–Crippen MR) is 112 cm³/mol. The summed E-state index contributed by atoms with van der Waals surface area (Å²) in [5.74, 6) is -3.00. The average Bonchev–Trinajstić information content (AvgIpc) is 2.65. The molecule has 1 atom stereocenters. The van der Waals surface area contributed by atoms with Crippen LogP contribution in [0.15, 0.2) is 10.1 Å². The zero-order chi connectivity index (χ0) is 21.2. The summed E-state index contributed by atoms with van der Waals surface area (Å²) in [6.07, 6.45) is 6.93. The molecule has 0 saturated carbocycles. The highest BCUT2D eigenvalue weighted by Crippen LogP contribution is 2.38. The molecule has 1 rings (SSSR count). The van der Waals surface area contributed by atoms with Crippen LogP contribution in [0.2, 0.25) is 0 Å². The van der Waals surface area contributed by atoms with E-state index in [9.17, 15) is 19.2 Å². The Kier molecular flexibility index (Phi) is 11.2. The summed E-state index contributed by atoms with van der Waals surface area (Å²) in [5, 5.41) is 0. The Morgan fingerprint density at radius 1 is 0.929 bits per heavy atom. The molecule has 0 N–H and O–H groups in total. The van der Waals surface area contributed by atoms with Crippen LogP contribution in [-0.2, 0) is 28.7 Å². The fourth-order valence-corrected chi connectivity index (χ4v) is 4.30. The van der Waals surface area contributed by atoms with Gasteiger partial charge in [-0.25, -0.2) is 4.79 Å². The summed E-state index contributed by atoms with van der Waals surface area (Å²) in [7, 11) is 0. The zero-order valence-corrected chi connectivity index (χ0v) is 19.7. The molecule has 0 aromatic rings. The number of hydrogen-bond donors (Lipinski definition) is 0. The Morgan fingerprint density at radius 3 is 2.00 bits per heavy atom. The SMILES string of the molecule is CCCCCCOC(=O)C1=C(Br)C(=O)C(Br)(C(=O)OCCCCCC)CC1=O. The van der Waals surface area contributed by atoms with Gasteiger partial charge in [0.25, 0.3) is 0 Å². The highest BCUT2D eigenvalue weighted by molar-refractivity contribution is 9.12. The van der Waals surface area contributed by atoms with Crippen LogP contribution < -0.4 is 0 Å². The molecule has 1 aliphatic carbocycles. The molecule has 0 radical (unpaired) electrons. The molecular formula is C20H28Br2O6. The lowest BCUT2D eigenvalue weighted by Gasteiger charge is -2.27. The number of ketones is 2. The molecule has 28 heavy (non-hydrogen) atoms. The van der Waals surface area contributed by atoms with Crippen LogP contribution in [0.3, 0.4) is 0 Å². The molecule has 8 heteroatoms. The number of esters is 2.